The van der Waals surface area contributed by atoms with E-state index in [2.05, 4.69) is 75.3 Å². The van der Waals surface area contributed by atoms with Crippen molar-refractivity contribution in [3.05, 3.63) is 262 Å². The Morgan fingerprint density at radius 1 is 0.524 bits per heavy atom. The fourth-order valence-electron chi connectivity index (χ4n) is 11.9. The Bertz CT molecular complexity index is 4020. The summed E-state index contributed by atoms with van der Waals surface area (Å²) in [6.45, 7) is 22.3. The second kappa shape index (κ2) is 44.8. The molecule has 105 heavy (non-hydrogen) atoms. The van der Waals surface area contributed by atoms with E-state index in [1.165, 1.54) is 25.3 Å². The average Bonchev–Trinajstić information content (AvgIpc) is 0.823. The highest BCUT2D eigenvalue weighted by molar-refractivity contribution is 6.13. The first kappa shape index (κ1) is 86.8. The van der Waals surface area contributed by atoms with Crippen LogP contribution in [0.1, 0.15) is 228 Å². The number of nitriles is 1. The van der Waals surface area contributed by atoms with Gasteiger partial charge in [-0.15, -0.1) is 0 Å². The molecule has 3 N–H and O–H groups in total. The molecule has 0 heterocycles. The average molecular weight is 1430 g/mol. The molecule has 8 aromatic carbocycles. The van der Waals surface area contributed by atoms with Gasteiger partial charge >= 0.3 is 17.9 Å². The first-order valence-corrected chi connectivity index (χ1v) is 35.9. The van der Waals surface area contributed by atoms with E-state index >= 15 is 0 Å². The fraction of sp³-hybridized carbons (Fsp3) is 0.367. The number of ketones is 3. The summed E-state index contributed by atoms with van der Waals surface area (Å²) >= 11 is 0. The van der Waals surface area contributed by atoms with E-state index in [9.17, 15) is 49.3 Å². The van der Waals surface area contributed by atoms with Crippen molar-refractivity contribution < 1.29 is 67.8 Å². The number of hydrogen-bond donors (Lipinski definition) is 3. The Kier molecular flexibility index (Phi) is 37.1. The van der Waals surface area contributed by atoms with Gasteiger partial charge in [0.25, 0.3) is 0 Å². The number of phenols is 3. The number of unbranched alkanes of at least 4 members (excludes halogenated alkanes) is 2. The van der Waals surface area contributed by atoms with Gasteiger partial charge < -0.3 is 39.0 Å². The molecule has 0 bridgehead atoms. The summed E-state index contributed by atoms with van der Waals surface area (Å²) in [7, 11) is 3.08. The van der Waals surface area contributed by atoms with Crippen molar-refractivity contribution in [2.75, 3.05) is 27.4 Å². The molecule has 15 heteroatoms. The van der Waals surface area contributed by atoms with Gasteiger partial charge in [-0.25, -0.2) is 14.4 Å². The Labute approximate surface area is 623 Å². The lowest BCUT2D eigenvalue weighted by atomic mass is 9.71. The summed E-state index contributed by atoms with van der Waals surface area (Å²) in [5.74, 6) is 0.452. The third-order valence-corrected chi connectivity index (χ3v) is 17.8. The van der Waals surface area contributed by atoms with Gasteiger partial charge in [-0.2, -0.15) is 5.26 Å². The first-order chi connectivity index (χ1) is 49.8. The molecule has 0 amide bonds. The monoisotopic (exact) mass is 1430 g/mol. The number of aromatic hydroxyl groups is 3. The van der Waals surface area contributed by atoms with Gasteiger partial charge in [0.05, 0.1) is 39.4 Å². The summed E-state index contributed by atoms with van der Waals surface area (Å²) in [4.78, 5) is 73.1. The van der Waals surface area contributed by atoms with E-state index in [1.807, 2.05) is 78.9 Å². The topological polar surface area (TPSA) is 233 Å². The number of hydrogen-bond acceptors (Lipinski definition) is 15. The van der Waals surface area contributed by atoms with Gasteiger partial charge in [0, 0.05) is 28.3 Å². The van der Waals surface area contributed by atoms with Gasteiger partial charge in [0.15, 0.2) is 17.3 Å². The molecular weight excluding hydrogens is 1320 g/mol. The molecule has 15 nitrogen and oxygen atoms in total. The summed E-state index contributed by atoms with van der Waals surface area (Å²) < 4.78 is 26.4. The molecule has 0 saturated heterocycles. The zero-order valence-corrected chi connectivity index (χ0v) is 62.6. The Morgan fingerprint density at radius 3 is 1.39 bits per heavy atom. The SMILES string of the molecule is C.CC1CC(OC(=O)c2ccccc2O)CC(C)(C)C1.CCCCC(CC)COC(=O)C(C#N)=C(c1ccccc1)c1ccccc1.CCCCC(CC)COC(=O)c1ccccc1O.COc1ccc(C(=O)CC(=O)c2ccc(C(C)(C)C)cc2)cc1.COc1ccc(C(=O)c2ccccc2)c(O)c1. The summed E-state index contributed by atoms with van der Waals surface area (Å²) in [6.07, 6.45) is 11.4. The molecule has 0 spiro atoms. The number of ether oxygens (including phenoxy) is 5. The quantitative estimate of drug-likeness (QED) is 0.0114. The molecule has 4 atom stereocenters. The van der Waals surface area contributed by atoms with Crippen molar-refractivity contribution in [3.63, 3.8) is 0 Å². The number of para-hydroxylation sites is 2. The lowest BCUT2D eigenvalue weighted by Crippen LogP contribution is -2.34. The van der Waals surface area contributed by atoms with Crippen molar-refractivity contribution in [1.82, 2.24) is 0 Å². The molecule has 0 aliphatic heterocycles. The molecule has 9 rings (SSSR count). The van der Waals surface area contributed by atoms with Crippen molar-refractivity contribution >= 4 is 40.8 Å². The Morgan fingerprint density at radius 2 is 0.962 bits per heavy atom. The van der Waals surface area contributed by atoms with Crippen LogP contribution in [0.15, 0.2) is 212 Å². The Balaban J connectivity index is 0.000000280. The second-order valence-electron chi connectivity index (χ2n) is 27.8. The number of rotatable bonds is 26. The summed E-state index contributed by atoms with van der Waals surface area (Å²) in [6, 6.07) is 61.9. The number of benzene rings is 8. The lowest BCUT2D eigenvalue weighted by molar-refractivity contribution is -0.140. The smallest absolute Gasteiger partial charge is 0.349 e. The highest BCUT2D eigenvalue weighted by Gasteiger charge is 2.35. The van der Waals surface area contributed by atoms with Crippen LogP contribution in [0.25, 0.3) is 5.57 Å². The van der Waals surface area contributed by atoms with Crippen molar-refractivity contribution in [1.29, 1.82) is 5.26 Å². The number of nitrogens with zero attached hydrogens (tertiary/aromatic N) is 1. The molecular formula is C90H109NO14. The highest BCUT2D eigenvalue weighted by atomic mass is 16.5. The minimum absolute atomic E-state index is 0. The van der Waals surface area contributed by atoms with Crippen LogP contribution in [-0.2, 0) is 24.4 Å². The molecule has 0 radical (unpaired) electrons. The normalized spacial score (nSPS) is 13.7. The second-order valence-corrected chi connectivity index (χ2v) is 27.8. The van der Waals surface area contributed by atoms with Gasteiger partial charge in [-0.1, -0.05) is 255 Å². The van der Waals surface area contributed by atoms with Crippen LogP contribution < -0.4 is 9.47 Å². The van der Waals surface area contributed by atoms with E-state index in [1.54, 1.807) is 116 Å². The van der Waals surface area contributed by atoms with Crippen LogP contribution in [-0.4, -0.2) is 84.1 Å². The standard InChI is InChI=1S/C24H27NO2.C20H22O3.C16H22O3.C15H22O3.C14H12O3.CH4/c1-3-5-12-19(4-2)18-27-24(26)22(17-25)23(20-13-8-6-9-14-20)21-15-10-7-11-16-21;1-20(2,3)16-9-5-14(6-10-16)18(21)13-19(22)15-7-11-17(23-4)12-8-15;1-11-8-12(10-16(2,3)9-11)19-15(18)13-6-4-5-7-14(13)17;1-3-5-8-12(4-2)11-18-15(17)13-9-6-7-10-14(13)16;1-17-11-7-8-12(13(15)9-11)14(16)10-5-3-2-4-6-10;/h6-11,13-16,19H,3-5,12,18H2,1-2H3;5-12H,13H2,1-4H3;4-7,11-12,17H,8-10H2,1-3H3;6-7,9-10,12,16H,3-5,8,11H2,1-2H3;2-9,15H,1H3;1H4. The minimum Gasteiger partial charge on any atom is -0.507 e. The number of carbonyl (C=O) groups excluding carboxylic acids is 6. The van der Waals surface area contributed by atoms with Gasteiger partial charge in [0.2, 0.25) is 0 Å². The zero-order chi connectivity index (χ0) is 76.2. The first-order valence-electron chi connectivity index (χ1n) is 35.9. The van der Waals surface area contributed by atoms with Gasteiger partial charge in [0.1, 0.15) is 57.6 Å². The molecule has 8 aromatic rings. The molecule has 4 unspecified atom stereocenters. The number of Topliss-reactive ketones (excluding diaryl/α,β-unsaturated/α-hetero) is 2. The van der Waals surface area contributed by atoms with E-state index in [0.29, 0.717) is 64.7 Å². The minimum atomic E-state index is -0.546. The predicted molar refractivity (Wildman–Crippen MR) is 417 cm³/mol. The number of phenolic OH excluding ortho intramolecular Hbond substituents is 3. The van der Waals surface area contributed by atoms with Crippen LogP contribution >= 0.6 is 0 Å². The van der Waals surface area contributed by atoms with Crippen LogP contribution in [0, 0.1) is 34.5 Å². The van der Waals surface area contributed by atoms with E-state index in [0.717, 1.165) is 87.3 Å². The maximum absolute atomic E-state index is 12.8. The maximum atomic E-state index is 12.8. The molecule has 0 aromatic heterocycles. The lowest BCUT2D eigenvalue weighted by Gasteiger charge is -2.38. The van der Waals surface area contributed by atoms with E-state index in [4.69, 9.17) is 23.7 Å². The third kappa shape index (κ3) is 28.9. The largest absolute Gasteiger partial charge is 0.507 e. The fourth-order valence-corrected chi connectivity index (χ4v) is 11.9. The molecule has 1 aliphatic rings. The van der Waals surface area contributed by atoms with Crippen LogP contribution in [0.3, 0.4) is 0 Å². The molecule has 1 aliphatic carbocycles. The highest BCUT2D eigenvalue weighted by Crippen LogP contribution is 2.40. The molecule has 558 valence electrons. The summed E-state index contributed by atoms with van der Waals surface area (Å²) in [5.41, 5.74) is 6.14. The maximum Gasteiger partial charge on any atom is 0.349 e. The van der Waals surface area contributed by atoms with E-state index < -0.39 is 17.9 Å². The number of carbonyl (C=O) groups is 6. The van der Waals surface area contributed by atoms with Crippen LogP contribution in [0.5, 0.6) is 28.7 Å². The third-order valence-electron chi connectivity index (χ3n) is 17.8. The summed E-state index contributed by atoms with van der Waals surface area (Å²) in [5, 5.41) is 38.7. The van der Waals surface area contributed by atoms with Crippen LogP contribution in [0.4, 0.5) is 0 Å². The Hall–Kier alpha value is -10.6. The van der Waals surface area contributed by atoms with Gasteiger partial charge in [-0.05, 0) is 138 Å². The van der Waals surface area contributed by atoms with Crippen LogP contribution in [0.2, 0.25) is 0 Å². The molecule has 1 saturated carbocycles. The van der Waals surface area contributed by atoms with Gasteiger partial charge in [-0.3, -0.25) is 14.4 Å². The van der Waals surface area contributed by atoms with Crippen molar-refractivity contribution in [2.24, 2.45) is 23.2 Å². The number of esters is 3. The molecule has 1 fully saturated rings. The number of methoxy groups -OCH3 is 2. The van der Waals surface area contributed by atoms with Crippen molar-refractivity contribution in [2.45, 2.75) is 165 Å². The predicted octanol–water partition coefficient (Wildman–Crippen LogP) is 21.0. The van der Waals surface area contributed by atoms with E-state index in [-0.39, 0.29) is 87.6 Å². The zero-order valence-electron chi connectivity index (χ0n) is 62.6. The van der Waals surface area contributed by atoms with Crippen molar-refractivity contribution in [3.8, 4) is 34.8 Å².